The highest BCUT2D eigenvalue weighted by atomic mass is 16.5. The molecular formula is C42H49N13O5. The lowest BCUT2D eigenvalue weighted by atomic mass is 10.1. The van der Waals surface area contributed by atoms with Crippen LogP contribution in [0.3, 0.4) is 0 Å². The third-order valence-electron chi connectivity index (χ3n) is 11.0. The number of morpholine rings is 2. The van der Waals surface area contributed by atoms with Crippen LogP contribution in [0.2, 0.25) is 0 Å². The third kappa shape index (κ3) is 9.06. The fourth-order valence-electron chi connectivity index (χ4n) is 8.03. The molecule has 18 nitrogen and oxygen atoms in total. The summed E-state index contributed by atoms with van der Waals surface area (Å²) < 4.78 is 22.7. The van der Waals surface area contributed by atoms with E-state index in [2.05, 4.69) is 30.7 Å². The van der Waals surface area contributed by atoms with Crippen molar-refractivity contribution in [2.75, 3.05) is 97.4 Å². The molecule has 4 aliphatic rings. The summed E-state index contributed by atoms with van der Waals surface area (Å²) in [6, 6.07) is 18.4. The summed E-state index contributed by atoms with van der Waals surface area (Å²) in [5.41, 5.74) is 3.35. The summed E-state index contributed by atoms with van der Waals surface area (Å²) in [5, 5.41) is 9.56. The van der Waals surface area contributed by atoms with Crippen molar-refractivity contribution in [1.29, 1.82) is 0 Å². The molecule has 0 saturated carbocycles. The molecule has 4 aliphatic heterocycles. The summed E-state index contributed by atoms with van der Waals surface area (Å²) in [5.74, 6) is 3.15. The summed E-state index contributed by atoms with van der Waals surface area (Å²) in [4.78, 5) is 53.3. The summed E-state index contributed by atoms with van der Waals surface area (Å²) in [7, 11) is 3.31. The fraction of sp³-hybridized carbons (Fsp3) is 0.429. The number of anilines is 7. The number of amides is 2. The molecule has 5 aromatic rings. The predicted octanol–water partition coefficient (Wildman–Crippen LogP) is 5.01. The van der Waals surface area contributed by atoms with Crippen molar-refractivity contribution in [2.24, 2.45) is 0 Å². The van der Waals surface area contributed by atoms with Gasteiger partial charge in [-0.05, 0) is 86.3 Å². The molecule has 3 N–H and O–H groups in total. The zero-order chi connectivity index (χ0) is 40.8. The molecule has 0 radical (unpaired) electrons. The number of hydrogen-bond acceptors (Lipinski definition) is 16. The summed E-state index contributed by atoms with van der Waals surface area (Å²) >= 11 is 0. The third-order valence-corrected chi connectivity index (χ3v) is 11.0. The number of benzene rings is 2. The molecule has 4 saturated heterocycles. The van der Waals surface area contributed by atoms with Gasteiger partial charge in [0.25, 0.3) is 0 Å². The number of aromatic nitrogens is 7. The maximum atomic E-state index is 14.2. The lowest BCUT2D eigenvalue weighted by molar-refractivity contribution is 0.0297. The van der Waals surface area contributed by atoms with Crippen molar-refractivity contribution in [3.63, 3.8) is 0 Å². The van der Waals surface area contributed by atoms with Crippen LogP contribution in [0.5, 0.6) is 0 Å². The van der Waals surface area contributed by atoms with Gasteiger partial charge in [0, 0.05) is 70.8 Å². The van der Waals surface area contributed by atoms with E-state index in [1.54, 1.807) is 43.6 Å². The van der Waals surface area contributed by atoms with Crippen molar-refractivity contribution < 1.29 is 23.7 Å². The molecule has 4 bridgehead atoms. The Morgan fingerprint density at radius 3 is 1.55 bits per heavy atom. The lowest BCUT2D eigenvalue weighted by Crippen LogP contribution is -2.43. The topological polar surface area (TPSA) is 190 Å². The second-order valence-electron chi connectivity index (χ2n) is 15.2. The minimum absolute atomic E-state index is 0.173. The molecular weight excluding hydrogens is 767 g/mol. The zero-order valence-corrected chi connectivity index (χ0v) is 33.7. The number of nitrogens with one attached hydrogen (secondary N) is 3. The van der Waals surface area contributed by atoms with Crippen LogP contribution in [0.1, 0.15) is 25.7 Å². The molecule has 312 valence electrons. The van der Waals surface area contributed by atoms with Gasteiger partial charge in [0.05, 0.1) is 60.9 Å². The molecule has 0 spiro atoms. The Morgan fingerprint density at radius 2 is 1.13 bits per heavy atom. The number of fused-ring (bicyclic) bond motifs is 4. The second-order valence-corrected chi connectivity index (χ2v) is 15.2. The molecule has 18 heteroatoms. The molecule has 9 rings (SSSR count). The Hall–Kier alpha value is -6.08. The molecule has 4 fully saturated rings. The van der Waals surface area contributed by atoms with Gasteiger partial charge in [0.1, 0.15) is 0 Å². The Labute approximate surface area is 348 Å². The van der Waals surface area contributed by atoms with Gasteiger partial charge >= 0.3 is 6.03 Å². The van der Waals surface area contributed by atoms with E-state index in [4.69, 9.17) is 48.9 Å². The van der Waals surface area contributed by atoms with Crippen LogP contribution in [0.4, 0.5) is 45.7 Å². The fourth-order valence-corrected chi connectivity index (χ4v) is 8.03. The molecule has 4 atom stereocenters. The maximum Gasteiger partial charge on any atom is 0.330 e. The molecule has 0 aliphatic carbocycles. The van der Waals surface area contributed by atoms with Crippen molar-refractivity contribution in [3.05, 3.63) is 73.1 Å². The first-order valence-electron chi connectivity index (χ1n) is 20.5. The first-order chi connectivity index (χ1) is 29.5. The monoisotopic (exact) mass is 815 g/mol. The first kappa shape index (κ1) is 39.4. The number of carbonyl (C=O) groups excluding carboxylic acids is 1. The molecule has 7 heterocycles. The number of carbonyl (C=O) groups is 1. The van der Waals surface area contributed by atoms with E-state index in [9.17, 15) is 4.79 Å². The highest BCUT2D eigenvalue weighted by molar-refractivity contribution is 6.07. The van der Waals surface area contributed by atoms with E-state index >= 15 is 0 Å². The number of urea groups is 1. The molecule has 60 heavy (non-hydrogen) atoms. The minimum atomic E-state index is -0.369. The quantitative estimate of drug-likeness (QED) is 0.120. The van der Waals surface area contributed by atoms with Crippen LogP contribution < -0.4 is 30.7 Å². The van der Waals surface area contributed by atoms with Crippen molar-refractivity contribution in [1.82, 2.24) is 34.9 Å². The van der Waals surface area contributed by atoms with Gasteiger partial charge < -0.3 is 44.7 Å². The standard InChI is InChI=1S/C42H49N13O5/c1-57-20-18-44-38-47-36(49-40(51-38)53-23-32-13-14-33(24-53)59-32)27-5-9-30(10-6-27)55(42(56)46-29-4-3-17-43-22-29)31-11-7-28(8-12-31)37-48-39(45-19-21-58-2)52-41(50-37)54-25-34-15-16-35(26-54)60-34/h3-12,17,22,32-35H,13-16,18-21,23-26H2,1-2H3,(H,46,56)(H,44,47,49,51)(H,45,48,50,52). The number of rotatable bonds is 15. The van der Waals surface area contributed by atoms with Crippen molar-refractivity contribution in [3.8, 4) is 22.8 Å². The van der Waals surface area contributed by atoms with Gasteiger partial charge in [-0.2, -0.15) is 29.9 Å². The predicted molar refractivity (Wildman–Crippen MR) is 227 cm³/mol. The van der Waals surface area contributed by atoms with Crippen LogP contribution in [0.15, 0.2) is 73.1 Å². The van der Waals surface area contributed by atoms with Gasteiger partial charge in [0.15, 0.2) is 11.6 Å². The molecule has 3 aromatic heterocycles. The van der Waals surface area contributed by atoms with Gasteiger partial charge in [0.2, 0.25) is 23.8 Å². The van der Waals surface area contributed by atoms with E-state index in [0.29, 0.717) is 78.8 Å². The van der Waals surface area contributed by atoms with E-state index in [-0.39, 0.29) is 30.4 Å². The van der Waals surface area contributed by atoms with Gasteiger partial charge in [-0.1, -0.05) is 0 Å². The summed E-state index contributed by atoms with van der Waals surface area (Å²) in [6.07, 6.45) is 8.10. The van der Waals surface area contributed by atoms with Crippen molar-refractivity contribution >= 4 is 46.9 Å². The van der Waals surface area contributed by atoms with E-state index in [1.165, 1.54) is 0 Å². The first-order valence-corrected chi connectivity index (χ1v) is 20.5. The smallest absolute Gasteiger partial charge is 0.330 e. The minimum Gasteiger partial charge on any atom is -0.383 e. The summed E-state index contributed by atoms with van der Waals surface area (Å²) in [6.45, 7) is 5.01. The van der Waals surface area contributed by atoms with Crippen LogP contribution in [0.25, 0.3) is 22.8 Å². The Kier molecular flexibility index (Phi) is 11.8. The molecule has 4 unspecified atom stereocenters. The molecule has 2 amide bonds. The Morgan fingerprint density at radius 1 is 0.667 bits per heavy atom. The van der Waals surface area contributed by atoms with Crippen molar-refractivity contribution in [2.45, 2.75) is 50.1 Å². The van der Waals surface area contributed by atoms with Gasteiger partial charge in [-0.25, -0.2) is 4.79 Å². The average molecular weight is 816 g/mol. The second kappa shape index (κ2) is 18.0. The van der Waals surface area contributed by atoms with Crippen LogP contribution in [-0.2, 0) is 18.9 Å². The van der Waals surface area contributed by atoms with E-state index in [1.807, 2.05) is 48.5 Å². The Bertz CT molecular complexity index is 2080. The maximum absolute atomic E-state index is 14.2. The van der Waals surface area contributed by atoms with E-state index in [0.717, 1.165) is 63.0 Å². The number of nitrogens with zero attached hydrogens (tertiary/aromatic N) is 10. The van der Waals surface area contributed by atoms with Gasteiger partial charge in [-0.3, -0.25) is 9.88 Å². The average Bonchev–Trinajstić information content (AvgIpc) is 3.81. The Balaban J connectivity index is 1.01. The SMILES string of the molecule is COCCNc1nc(-c2ccc(N(C(=O)Nc3cccnc3)c3ccc(-c4nc(NCCOC)nc(N5CC6CCC(C5)O6)n4)cc3)cc2)nc(N2CC3CCC(C2)O3)n1. The van der Waals surface area contributed by atoms with E-state index < -0.39 is 0 Å². The van der Waals surface area contributed by atoms with Crippen LogP contribution in [0, 0.1) is 0 Å². The largest absolute Gasteiger partial charge is 0.383 e. The highest BCUT2D eigenvalue weighted by Gasteiger charge is 2.36. The number of pyridine rings is 1. The zero-order valence-electron chi connectivity index (χ0n) is 33.7. The van der Waals surface area contributed by atoms with Crippen LogP contribution in [-0.4, -0.2) is 132 Å². The number of hydrogen-bond donors (Lipinski definition) is 3. The highest BCUT2D eigenvalue weighted by Crippen LogP contribution is 2.34. The number of methoxy groups -OCH3 is 2. The van der Waals surface area contributed by atoms with Gasteiger partial charge in [-0.15, -0.1) is 0 Å². The molecule has 2 aromatic carbocycles. The van der Waals surface area contributed by atoms with Crippen LogP contribution >= 0.6 is 0 Å². The lowest BCUT2D eigenvalue weighted by Gasteiger charge is -2.32. The normalized spacial score (nSPS) is 20.6. The number of ether oxygens (including phenoxy) is 4.